The zero-order valence-electron chi connectivity index (χ0n) is 35.9. The second-order valence-electron chi connectivity index (χ2n) is 19.7. The van der Waals surface area contributed by atoms with Crippen molar-refractivity contribution in [1.82, 2.24) is 0 Å². The molecule has 0 nitrogen and oxygen atoms in total. The molecule has 4 aromatic carbocycles. The minimum absolute atomic E-state index is 0. The van der Waals surface area contributed by atoms with Crippen molar-refractivity contribution in [2.24, 2.45) is 11.8 Å². The van der Waals surface area contributed by atoms with Crippen molar-refractivity contribution < 1.29 is 30.6 Å². The molecule has 2 saturated carbocycles. The van der Waals surface area contributed by atoms with Crippen molar-refractivity contribution in [2.45, 2.75) is 133 Å². The van der Waals surface area contributed by atoms with E-state index < -0.39 is 30.0 Å². The third-order valence-electron chi connectivity index (χ3n) is 14.7. The molecule has 316 valence electrons. The Kier molecular flexibility index (Phi) is 14.4. The van der Waals surface area contributed by atoms with Crippen molar-refractivity contribution in [3.05, 3.63) is 128 Å². The number of halogens is 5. The van der Waals surface area contributed by atoms with E-state index in [0.717, 1.165) is 12.8 Å². The molecule has 0 aliphatic heterocycles. The molecular formula is C52H65Cl2F3SiZr. The second kappa shape index (κ2) is 18.3. The summed E-state index contributed by atoms with van der Waals surface area (Å²) >= 11 is -4.81. The Hall–Kier alpha value is -2.17. The van der Waals surface area contributed by atoms with Crippen LogP contribution in [0.15, 0.2) is 83.9 Å². The Labute approximate surface area is 367 Å². The molecule has 59 heavy (non-hydrogen) atoms. The molecular weight excluding hydrogens is 872 g/mol. The van der Waals surface area contributed by atoms with Gasteiger partial charge in [0.2, 0.25) is 0 Å². The summed E-state index contributed by atoms with van der Waals surface area (Å²) in [4.78, 5) is 0. The van der Waals surface area contributed by atoms with Crippen LogP contribution in [-0.2, 0) is 17.4 Å². The Morgan fingerprint density at radius 3 is 1.31 bits per heavy atom. The number of benzene rings is 4. The first-order valence-corrected chi connectivity index (χ1v) is 35.1. The Balaban J connectivity index is 0.00000293. The van der Waals surface area contributed by atoms with Gasteiger partial charge in [-0.15, -0.1) is 24.8 Å². The molecule has 2 atom stereocenters. The molecule has 0 heterocycles. The molecule has 0 aromatic heterocycles. The number of fused-ring (bicyclic) bond motifs is 2. The van der Waals surface area contributed by atoms with Crippen molar-refractivity contribution in [3.63, 3.8) is 0 Å². The molecule has 2 fully saturated rings. The Morgan fingerprint density at radius 1 is 0.576 bits per heavy atom. The number of allylic oxidation sites excluding steroid dienone is 2. The van der Waals surface area contributed by atoms with Gasteiger partial charge in [0.25, 0.3) is 0 Å². The van der Waals surface area contributed by atoms with Gasteiger partial charge >= 0.3 is 345 Å². The van der Waals surface area contributed by atoms with Gasteiger partial charge in [0.05, 0.1) is 0 Å². The smallest absolute Gasteiger partial charge is 0.147 e. The zero-order valence-corrected chi connectivity index (χ0v) is 41.5. The van der Waals surface area contributed by atoms with Gasteiger partial charge in [0.15, 0.2) is 0 Å². The number of alkyl halides is 3. The van der Waals surface area contributed by atoms with Gasteiger partial charge in [-0.05, 0) is 0 Å². The van der Waals surface area contributed by atoms with Gasteiger partial charge in [0, 0.05) is 0 Å². The summed E-state index contributed by atoms with van der Waals surface area (Å²) in [5, 5.41) is 0. The monoisotopic (exact) mass is 934 g/mol. The molecule has 0 N–H and O–H groups in total. The summed E-state index contributed by atoms with van der Waals surface area (Å²) in [6, 6.07) is 27.3. The largest absolute Gasteiger partial charge is 0.147 e. The summed E-state index contributed by atoms with van der Waals surface area (Å²) in [5.74, 6) is 1.20. The molecule has 4 aliphatic carbocycles. The number of hydrogen-bond donors (Lipinski definition) is 0. The topological polar surface area (TPSA) is 0 Å². The average molecular weight is 937 g/mol. The van der Waals surface area contributed by atoms with Crippen molar-refractivity contribution in [1.29, 1.82) is 0 Å². The first-order valence-electron chi connectivity index (χ1n) is 22.1. The molecule has 2 unspecified atom stereocenters. The third-order valence-corrected chi connectivity index (χ3v) is 37.6. The average Bonchev–Trinajstić information content (AvgIpc) is 3.73. The van der Waals surface area contributed by atoms with Crippen molar-refractivity contribution in [2.75, 3.05) is 0 Å². The molecule has 0 amide bonds. The van der Waals surface area contributed by atoms with E-state index in [-0.39, 0.29) is 36.2 Å². The summed E-state index contributed by atoms with van der Waals surface area (Å²) in [7, 11) is 0. The molecule has 0 spiro atoms. The molecule has 8 rings (SSSR count). The maximum atomic E-state index is 15.0. The minimum atomic E-state index is -4.81. The van der Waals surface area contributed by atoms with Crippen LogP contribution in [-0.4, -0.2) is 13.1 Å². The van der Waals surface area contributed by atoms with Crippen LogP contribution in [0.4, 0.5) is 13.2 Å². The summed E-state index contributed by atoms with van der Waals surface area (Å²) < 4.78 is 47.9. The minimum Gasteiger partial charge on any atom is -0.147 e. The van der Waals surface area contributed by atoms with Gasteiger partial charge in [-0.25, -0.2) is 0 Å². The van der Waals surface area contributed by atoms with Crippen molar-refractivity contribution >= 4 is 43.8 Å². The maximum absolute atomic E-state index is 15.0. The van der Waals surface area contributed by atoms with Crippen LogP contribution >= 0.6 is 24.8 Å². The van der Waals surface area contributed by atoms with Crippen LogP contribution in [0.2, 0.25) is 8.76 Å². The summed E-state index contributed by atoms with van der Waals surface area (Å²) in [6.45, 7) is 10.8. The quantitative estimate of drug-likeness (QED) is 0.139. The molecule has 7 heteroatoms. The zero-order chi connectivity index (χ0) is 40.1. The second-order valence-corrected chi connectivity index (χ2v) is 48.1. The molecule has 0 saturated heterocycles. The van der Waals surface area contributed by atoms with Gasteiger partial charge in [-0.3, -0.25) is 0 Å². The van der Waals surface area contributed by atoms with Gasteiger partial charge in [-0.1, -0.05) is 0 Å². The van der Waals surface area contributed by atoms with Gasteiger partial charge in [0.1, 0.15) is 0 Å². The van der Waals surface area contributed by atoms with Gasteiger partial charge < -0.3 is 0 Å². The molecule has 0 radical (unpaired) electrons. The number of hydrogen-bond acceptors (Lipinski definition) is 0. The number of rotatable bonds is 10. The van der Waals surface area contributed by atoms with Crippen LogP contribution in [0, 0.1) is 39.5 Å². The molecule has 4 aliphatic rings. The summed E-state index contributed by atoms with van der Waals surface area (Å²) in [5.41, 5.74) is 18.0. The normalized spacial score (nSPS) is 19.9. The van der Waals surface area contributed by atoms with E-state index in [2.05, 4.69) is 124 Å². The predicted octanol–water partition coefficient (Wildman–Crippen LogP) is 16.3. The first kappa shape index (κ1) is 46.3. The van der Waals surface area contributed by atoms with E-state index in [1.807, 2.05) is 0 Å². The fourth-order valence-corrected chi connectivity index (χ4v) is 36.2. The molecule has 0 bridgehead atoms. The van der Waals surface area contributed by atoms with Crippen LogP contribution in [0.25, 0.3) is 34.4 Å². The number of aryl methyl sites for hydroxylation is 4. The van der Waals surface area contributed by atoms with Crippen LogP contribution in [0.1, 0.15) is 135 Å². The van der Waals surface area contributed by atoms with Crippen LogP contribution in [0.5, 0.6) is 0 Å². The maximum Gasteiger partial charge on any atom is -0.147 e. The van der Waals surface area contributed by atoms with Crippen LogP contribution < -0.4 is 0 Å². The SMILES string of the molecule is Cc1cc(C)cc(-c2cccc3c2C=C(CC2CCCCC2)[CH]3[Zr]([CH3])(=[SiH2])([CH2]CC(F)(F)F)[CH]2C(CC3CCCCC3)=Cc3c(-c4cc(C)cc(C)c4)cccc32)c1.Cl.Cl. The molecule has 4 aromatic rings. The van der Waals surface area contributed by atoms with E-state index in [1.165, 1.54) is 142 Å². The van der Waals surface area contributed by atoms with E-state index >= 15 is 0 Å². The van der Waals surface area contributed by atoms with Crippen molar-refractivity contribution in [3.8, 4) is 22.3 Å². The predicted molar refractivity (Wildman–Crippen MR) is 251 cm³/mol. The van der Waals surface area contributed by atoms with E-state index in [9.17, 15) is 13.2 Å². The van der Waals surface area contributed by atoms with Gasteiger partial charge in [-0.2, -0.15) is 0 Å². The van der Waals surface area contributed by atoms with E-state index in [4.69, 9.17) is 0 Å². The first-order chi connectivity index (χ1) is 27.2. The summed E-state index contributed by atoms with van der Waals surface area (Å²) in [6.07, 6.45) is 14.7. The Morgan fingerprint density at radius 2 is 0.949 bits per heavy atom. The van der Waals surface area contributed by atoms with Crippen LogP contribution in [0.3, 0.4) is 0 Å². The Bertz CT molecular complexity index is 2120. The fourth-order valence-electron chi connectivity index (χ4n) is 12.5. The van der Waals surface area contributed by atoms with E-state index in [1.54, 1.807) is 0 Å². The van der Waals surface area contributed by atoms with E-state index in [0.29, 0.717) is 11.8 Å². The fraction of sp³-hybridized carbons (Fsp3) is 0.462. The third kappa shape index (κ3) is 9.60. The standard InChI is InChI=1S/2C24H27.C3H4F3.CH3.2ClH.H2Si.Zr/c2*1-17-11-18(2)13-22(12-17)23-10-6-9-21-15-20(16-24(21)23)14-19-7-4-3-5-8-19;1-2-3(4,5)6;;;;;/h2*6,9-13,15-16,19H,3-5,7-8,14H2,1-2H3;1-2H2;1H3;2*1H;1H2;.